The van der Waals surface area contributed by atoms with E-state index in [1.807, 2.05) is 55.9 Å². The zero-order valence-electron chi connectivity index (χ0n) is 16.7. The molecule has 0 aliphatic carbocycles. The first-order valence-electron chi connectivity index (χ1n) is 9.10. The fraction of sp³-hybridized carbons (Fsp3) is 0.250. The number of halogens is 1. The van der Waals surface area contributed by atoms with Crippen LogP contribution in [0.3, 0.4) is 0 Å². The smallest absolute Gasteiger partial charge is 0.319 e. The number of hydrogen-bond donors (Lipinski definition) is 4. The molecule has 9 heteroatoms. The first-order chi connectivity index (χ1) is 14.0. The first kappa shape index (κ1) is 22.6. The van der Waals surface area contributed by atoms with E-state index < -0.39 is 0 Å². The standard InChI is InChI=1S/C10H10N2O2S.C8H8BrN3.C2H6/c1-6-8(4-13)9(12-10(14)11-6)7-2-3-15-5-7;1-10-5-2-3-7-6(4-5)8(9)12-11-7;1-2/h2-5,9H,1H3,(H2,11,12,14);2-4,10H,1H3,(H,11,12);1-2H3. The van der Waals surface area contributed by atoms with E-state index in [2.05, 4.69) is 42.1 Å². The number of rotatable bonds is 3. The molecule has 3 heterocycles. The van der Waals surface area contributed by atoms with Crippen LogP contribution in [0.2, 0.25) is 0 Å². The predicted octanol–water partition coefficient (Wildman–Crippen LogP) is 4.97. The van der Waals surface area contributed by atoms with Crippen LogP contribution in [0.5, 0.6) is 0 Å². The summed E-state index contributed by atoms with van der Waals surface area (Å²) in [5, 5.41) is 20.3. The third kappa shape index (κ3) is 5.45. The van der Waals surface area contributed by atoms with Crippen LogP contribution in [0.25, 0.3) is 10.9 Å². The van der Waals surface area contributed by atoms with Gasteiger partial charge in [-0.1, -0.05) is 13.8 Å². The second-order valence-electron chi connectivity index (χ2n) is 5.81. The van der Waals surface area contributed by atoms with Crippen LogP contribution in [0.1, 0.15) is 32.4 Å². The molecule has 4 N–H and O–H groups in total. The maximum absolute atomic E-state index is 11.3. The lowest BCUT2D eigenvalue weighted by molar-refractivity contribution is -0.105. The molecule has 0 fully saturated rings. The molecule has 0 saturated carbocycles. The molecule has 2 aromatic heterocycles. The van der Waals surface area contributed by atoms with Gasteiger partial charge >= 0.3 is 6.03 Å². The normalized spacial score (nSPS) is 15.3. The number of aromatic amines is 1. The molecule has 2 amide bonds. The van der Waals surface area contributed by atoms with Crippen molar-refractivity contribution in [2.45, 2.75) is 26.8 Å². The molecular weight excluding hydrogens is 454 g/mol. The molecular formula is C20H24BrN5O2S. The number of H-pyrrole nitrogens is 1. The Bertz CT molecular complexity index is 998. The van der Waals surface area contributed by atoms with Crippen LogP contribution in [-0.2, 0) is 4.79 Å². The van der Waals surface area contributed by atoms with E-state index in [9.17, 15) is 9.59 Å². The van der Waals surface area contributed by atoms with E-state index >= 15 is 0 Å². The summed E-state index contributed by atoms with van der Waals surface area (Å²) in [4.78, 5) is 22.2. The highest BCUT2D eigenvalue weighted by Crippen LogP contribution is 2.26. The number of amides is 2. The maximum Gasteiger partial charge on any atom is 0.319 e. The Hall–Kier alpha value is -2.65. The van der Waals surface area contributed by atoms with Crippen molar-refractivity contribution < 1.29 is 9.59 Å². The van der Waals surface area contributed by atoms with Crippen molar-refractivity contribution in [3.63, 3.8) is 0 Å². The highest BCUT2D eigenvalue weighted by atomic mass is 79.9. The lowest BCUT2D eigenvalue weighted by atomic mass is 9.99. The molecule has 0 bridgehead atoms. The fourth-order valence-corrected chi connectivity index (χ4v) is 3.79. The third-order valence-electron chi connectivity index (χ3n) is 4.12. The van der Waals surface area contributed by atoms with E-state index in [0.29, 0.717) is 11.3 Å². The molecule has 4 rings (SSSR count). The molecule has 3 aromatic rings. The quantitative estimate of drug-likeness (QED) is 0.400. The summed E-state index contributed by atoms with van der Waals surface area (Å²) < 4.78 is 0.926. The Labute approximate surface area is 182 Å². The zero-order chi connectivity index (χ0) is 21.4. The van der Waals surface area contributed by atoms with Crippen molar-refractivity contribution >= 4 is 56.2 Å². The van der Waals surface area contributed by atoms with Gasteiger partial charge in [0.05, 0.1) is 11.6 Å². The number of carbonyl (C=O) groups excluding carboxylic acids is 2. The maximum atomic E-state index is 11.3. The van der Waals surface area contributed by atoms with Gasteiger partial charge in [0.2, 0.25) is 0 Å². The van der Waals surface area contributed by atoms with Gasteiger partial charge in [-0.2, -0.15) is 16.4 Å². The lowest BCUT2D eigenvalue weighted by Gasteiger charge is -2.25. The van der Waals surface area contributed by atoms with Crippen LogP contribution in [-0.4, -0.2) is 29.6 Å². The molecule has 1 aliphatic heterocycles. The number of allylic oxidation sites excluding steroid dienone is 1. The number of thiophene rings is 1. The summed E-state index contributed by atoms with van der Waals surface area (Å²) in [6.07, 6.45) is 0.782. The predicted molar refractivity (Wildman–Crippen MR) is 122 cm³/mol. The van der Waals surface area contributed by atoms with E-state index in [4.69, 9.17) is 0 Å². The average molecular weight is 478 g/mol. The fourth-order valence-electron chi connectivity index (χ4n) is 2.70. The second-order valence-corrected chi connectivity index (χ2v) is 7.38. The third-order valence-corrected chi connectivity index (χ3v) is 5.43. The van der Waals surface area contributed by atoms with E-state index in [1.54, 1.807) is 6.92 Å². The van der Waals surface area contributed by atoms with Crippen molar-refractivity contribution in [3.8, 4) is 0 Å². The Morgan fingerprint density at radius 1 is 1.28 bits per heavy atom. The molecule has 1 aliphatic rings. The summed E-state index contributed by atoms with van der Waals surface area (Å²) >= 11 is 4.92. The molecule has 1 atom stereocenters. The number of anilines is 1. The van der Waals surface area contributed by atoms with Crippen molar-refractivity contribution in [1.29, 1.82) is 0 Å². The summed E-state index contributed by atoms with van der Waals surface area (Å²) in [5.74, 6) is 0. The van der Waals surface area contributed by atoms with E-state index in [-0.39, 0.29) is 12.1 Å². The summed E-state index contributed by atoms with van der Waals surface area (Å²) in [7, 11) is 1.90. The molecule has 0 spiro atoms. The SMILES string of the molecule is CC.CC1=C(C=O)C(c2ccsc2)NC(=O)N1.CNc1ccc2n[nH]c(Br)c2c1. The van der Waals surface area contributed by atoms with Crippen LogP contribution in [0, 0.1) is 0 Å². The number of fused-ring (bicyclic) bond motifs is 1. The second kappa shape index (κ2) is 10.8. The van der Waals surface area contributed by atoms with Crippen LogP contribution >= 0.6 is 27.3 Å². The minimum absolute atomic E-state index is 0.269. The molecule has 1 aromatic carbocycles. The van der Waals surface area contributed by atoms with Gasteiger partial charge in [-0.15, -0.1) is 0 Å². The minimum atomic E-state index is -0.317. The van der Waals surface area contributed by atoms with Gasteiger partial charge < -0.3 is 16.0 Å². The van der Waals surface area contributed by atoms with Gasteiger partial charge in [-0.05, 0) is 63.4 Å². The highest BCUT2D eigenvalue weighted by molar-refractivity contribution is 9.10. The average Bonchev–Trinajstić information content (AvgIpc) is 3.40. The number of nitrogens with one attached hydrogen (secondary N) is 4. The van der Waals surface area contributed by atoms with Crippen molar-refractivity contribution in [2.75, 3.05) is 12.4 Å². The van der Waals surface area contributed by atoms with Gasteiger partial charge in [0, 0.05) is 29.4 Å². The molecule has 29 heavy (non-hydrogen) atoms. The molecule has 7 nitrogen and oxygen atoms in total. The summed E-state index contributed by atoms with van der Waals surface area (Å²) in [6, 6.07) is 7.33. The molecule has 1 unspecified atom stereocenters. The minimum Gasteiger partial charge on any atom is -0.388 e. The number of hydrogen-bond acceptors (Lipinski definition) is 5. The van der Waals surface area contributed by atoms with Gasteiger partial charge in [0.25, 0.3) is 0 Å². The molecule has 0 saturated heterocycles. The van der Waals surface area contributed by atoms with Crippen LogP contribution in [0.15, 0.2) is 50.9 Å². The monoisotopic (exact) mass is 477 g/mol. The number of aldehydes is 1. The Kier molecular flexibility index (Phi) is 8.41. The Morgan fingerprint density at radius 2 is 2.03 bits per heavy atom. The Morgan fingerprint density at radius 3 is 2.66 bits per heavy atom. The summed E-state index contributed by atoms with van der Waals surface area (Å²) in [6.45, 7) is 5.72. The van der Waals surface area contributed by atoms with Crippen molar-refractivity contribution in [1.82, 2.24) is 20.8 Å². The van der Waals surface area contributed by atoms with Gasteiger partial charge in [-0.25, -0.2) is 4.79 Å². The summed E-state index contributed by atoms with van der Waals surface area (Å²) in [5.41, 5.74) is 4.19. The topological polar surface area (TPSA) is 98.9 Å². The first-order valence-corrected chi connectivity index (χ1v) is 10.8. The molecule has 0 radical (unpaired) electrons. The zero-order valence-corrected chi connectivity index (χ0v) is 19.1. The largest absolute Gasteiger partial charge is 0.388 e. The van der Waals surface area contributed by atoms with Gasteiger partial charge in [0.15, 0.2) is 0 Å². The van der Waals surface area contributed by atoms with E-state index in [0.717, 1.165) is 33.0 Å². The highest BCUT2D eigenvalue weighted by Gasteiger charge is 2.25. The van der Waals surface area contributed by atoms with E-state index in [1.165, 1.54) is 11.3 Å². The van der Waals surface area contributed by atoms with Crippen molar-refractivity contribution in [3.05, 3.63) is 56.5 Å². The number of nitrogens with zero attached hydrogens (tertiary/aromatic N) is 1. The van der Waals surface area contributed by atoms with Gasteiger partial charge in [-0.3, -0.25) is 9.89 Å². The van der Waals surface area contributed by atoms with Gasteiger partial charge in [0.1, 0.15) is 10.9 Å². The molecule has 154 valence electrons. The van der Waals surface area contributed by atoms with Crippen molar-refractivity contribution in [2.24, 2.45) is 0 Å². The number of urea groups is 1. The number of aromatic nitrogens is 2. The van der Waals surface area contributed by atoms with Crippen LogP contribution < -0.4 is 16.0 Å². The lowest BCUT2D eigenvalue weighted by Crippen LogP contribution is -2.43. The number of carbonyl (C=O) groups is 2. The van der Waals surface area contributed by atoms with Crippen LogP contribution in [0.4, 0.5) is 10.5 Å². The Balaban J connectivity index is 0.000000194. The number of benzene rings is 1.